The smallest absolute Gasteiger partial charge is 0.317 e. The van der Waals surface area contributed by atoms with Crippen LogP contribution in [0.25, 0.3) is 0 Å². The molecule has 5 nitrogen and oxygen atoms in total. The molecule has 1 heterocycles. The first-order valence-corrected chi connectivity index (χ1v) is 8.56. The van der Waals surface area contributed by atoms with E-state index in [0.29, 0.717) is 26.2 Å². The Kier molecular flexibility index (Phi) is 7.36. The number of ether oxygens (including phenoxy) is 1. The van der Waals surface area contributed by atoms with Gasteiger partial charge in [0.2, 0.25) is 0 Å². The first-order valence-electron chi connectivity index (χ1n) is 8.56. The Morgan fingerprint density at radius 3 is 2.87 bits per heavy atom. The van der Waals surface area contributed by atoms with Gasteiger partial charge in [0.05, 0.1) is 6.61 Å². The highest BCUT2D eigenvalue weighted by molar-refractivity contribution is 5.74. The second-order valence-corrected chi connectivity index (χ2v) is 5.92. The summed E-state index contributed by atoms with van der Waals surface area (Å²) < 4.78 is 5.48. The van der Waals surface area contributed by atoms with E-state index in [1.165, 1.54) is 0 Å². The zero-order chi connectivity index (χ0) is 16.5. The first kappa shape index (κ1) is 17.8. The van der Waals surface area contributed by atoms with Gasteiger partial charge in [-0.05, 0) is 43.7 Å². The molecule has 1 fully saturated rings. The van der Waals surface area contributed by atoms with Gasteiger partial charge in [0.25, 0.3) is 0 Å². The Labute approximate surface area is 138 Å². The summed E-state index contributed by atoms with van der Waals surface area (Å²) in [5.41, 5.74) is 2.20. The molecule has 0 aromatic heterocycles. The van der Waals surface area contributed by atoms with E-state index in [9.17, 15) is 9.90 Å². The van der Waals surface area contributed by atoms with E-state index in [0.717, 1.165) is 36.9 Å². The Morgan fingerprint density at radius 1 is 1.35 bits per heavy atom. The molecular weight excluding hydrogens is 292 g/mol. The van der Waals surface area contributed by atoms with E-state index >= 15 is 0 Å². The number of aliphatic hydroxyl groups is 1. The molecule has 1 saturated heterocycles. The maximum atomic E-state index is 12.5. The van der Waals surface area contributed by atoms with E-state index in [2.05, 4.69) is 5.32 Å². The van der Waals surface area contributed by atoms with Crippen molar-refractivity contribution < 1.29 is 14.6 Å². The number of nitrogens with zero attached hydrogens (tertiary/aromatic N) is 1. The largest absolute Gasteiger partial charge is 0.396 e. The second kappa shape index (κ2) is 9.53. The molecule has 1 aromatic carbocycles. The maximum Gasteiger partial charge on any atom is 0.317 e. The summed E-state index contributed by atoms with van der Waals surface area (Å²) in [4.78, 5) is 14.4. The fourth-order valence-corrected chi connectivity index (χ4v) is 3.07. The Balaban J connectivity index is 1.93. The van der Waals surface area contributed by atoms with Crippen molar-refractivity contribution >= 4 is 6.03 Å². The third-order valence-corrected chi connectivity index (χ3v) is 4.36. The number of aliphatic hydroxyl groups excluding tert-OH is 1. The van der Waals surface area contributed by atoms with Gasteiger partial charge in [0, 0.05) is 32.3 Å². The van der Waals surface area contributed by atoms with Crippen LogP contribution in [-0.4, -0.2) is 41.8 Å². The molecule has 2 amide bonds. The Morgan fingerprint density at radius 2 is 2.13 bits per heavy atom. The molecule has 2 rings (SSSR count). The van der Waals surface area contributed by atoms with Crippen LogP contribution >= 0.6 is 0 Å². The minimum atomic E-state index is -0.0330. The van der Waals surface area contributed by atoms with Gasteiger partial charge >= 0.3 is 6.03 Å². The predicted molar refractivity (Wildman–Crippen MR) is 90.1 cm³/mol. The molecule has 0 spiro atoms. The van der Waals surface area contributed by atoms with Gasteiger partial charge in [-0.2, -0.15) is 0 Å². The number of hydrogen-bond acceptors (Lipinski definition) is 3. The summed E-state index contributed by atoms with van der Waals surface area (Å²) in [6.45, 7) is 4.63. The predicted octanol–water partition coefficient (Wildman–Crippen LogP) is 2.67. The van der Waals surface area contributed by atoms with Crippen LogP contribution in [0.4, 0.5) is 4.79 Å². The van der Waals surface area contributed by atoms with Gasteiger partial charge in [0.15, 0.2) is 0 Å². The number of carbonyl (C=O) groups excluding carboxylic acids is 1. The lowest BCUT2D eigenvalue weighted by Gasteiger charge is -2.35. The molecule has 1 aliphatic heterocycles. The van der Waals surface area contributed by atoms with Crippen molar-refractivity contribution in [1.82, 2.24) is 10.2 Å². The van der Waals surface area contributed by atoms with Crippen LogP contribution in [0, 0.1) is 0 Å². The molecule has 0 radical (unpaired) electrons. The summed E-state index contributed by atoms with van der Waals surface area (Å²) in [5.74, 6) is 0. The highest BCUT2D eigenvalue weighted by Gasteiger charge is 2.25. The molecule has 1 atom stereocenters. The van der Waals surface area contributed by atoms with Gasteiger partial charge in [-0.25, -0.2) is 4.79 Å². The van der Waals surface area contributed by atoms with Gasteiger partial charge in [-0.1, -0.05) is 24.3 Å². The van der Waals surface area contributed by atoms with Gasteiger partial charge in [0.1, 0.15) is 0 Å². The highest BCUT2D eigenvalue weighted by atomic mass is 16.5. The van der Waals surface area contributed by atoms with E-state index in [1.807, 2.05) is 36.1 Å². The molecule has 23 heavy (non-hydrogen) atoms. The topological polar surface area (TPSA) is 61.8 Å². The molecule has 2 N–H and O–H groups in total. The summed E-state index contributed by atoms with van der Waals surface area (Å²) in [6.07, 6.45) is 3.81. The van der Waals surface area contributed by atoms with Crippen molar-refractivity contribution in [2.24, 2.45) is 0 Å². The van der Waals surface area contributed by atoms with E-state index in [1.54, 1.807) is 0 Å². The van der Waals surface area contributed by atoms with Gasteiger partial charge in [-0.15, -0.1) is 0 Å². The van der Waals surface area contributed by atoms with Crippen molar-refractivity contribution in [3.63, 3.8) is 0 Å². The Hall–Kier alpha value is -1.59. The summed E-state index contributed by atoms with van der Waals surface area (Å²) >= 11 is 0. The molecular formula is C18H28N2O3. The quantitative estimate of drug-likeness (QED) is 0.812. The van der Waals surface area contributed by atoms with Crippen LogP contribution in [0.15, 0.2) is 24.3 Å². The number of carbonyl (C=O) groups is 1. The maximum absolute atomic E-state index is 12.5. The number of nitrogens with one attached hydrogen (secondary N) is 1. The molecule has 1 aliphatic rings. The summed E-state index contributed by atoms with van der Waals surface area (Å²) in [5, 5.41) is 12.2. The van der Waals surface area contributed by atoms with Crippen LogP contribution in [0.1, 0.15) is 43.7 Å². The number of rotatable bonds is 7. The van der Waals surface area contributed by atoms with Crippen molar-refractivity contribution in [3.05, 3.63) is 35.4 Å². The fraction of sp³-hybridized carbons (Fsp3) is 0.611. The minimum Gasteiger partial charge on any atom is -0.396 e. The molecule has 1 aromatic rings. The van der Waals surface area contributed by atoms with Gasteiger partial charge < -0.3 is 20.1 Å². The van der Waals surface area contributed by atoms with E-state index in [4.69, 9.17) is 4.74 Å². The average Bonchev–Trinajstić information content (AvgIpc) is 2.59. The fourth-order valence-electron chi connectivity index (χ4n) is 3.07. The lowest BCUT2D eigenvalue weighted by atomic mass is 10.00. The average molecular weight is 320 g/mol. The number of hydrogen-bond donors (Lipinski definition) is 2. The number of likely N-dealkylation sites (tertiary alicyclic amines) is 1. The number of urea groups is 1. The zero-order valence-corrected chi connectivity index (χ0v) is 14.0. The second-order valence-electron chi connectivity index (χ2n) is 5.92. The monoisotopic (exact) mass is 320 g/mol. The SMILES string of the molecule is CCOCc1ccccc1CNC(=O)N1CCCCC1CCO. The van der Waals surface area contributed by atoms with Crippen LogP contribution in [-0.2, 0) is 17.9 Å². The van der Waals surface area contributed by atoms with Gasteiger partial charge in [-0.3, -0.25) is 0 Å². The minimum absolute atomic E-state index is 0.0330. The first-order chi connectivity index (χ1) is 11.3. The summed E-state index contributed by atoms with van der Waals surface area (Å²) in [7, 11) is 0. The van der Waals surface area contributed by atoms with Crippen molar-refractivity contribution in [2.45, 2.75) is 51.8 Å². The lowest BCUT2D eigenvalue weighted by molar-refractivity contribution is 0.130. The summed E-state index contributed by atoms with van der Waals surface area (Å²) in [6, 6.07) is 8.15. The molecule has 128 valence electrons. The van der Waals surface area contributed by atoms with Crippen LogP contribution in [0.5, 0.6) is 0 Å². The zero-order valence-electron chi connectivity index (χ0n) is 14.0. The van der Waals surface area contributed by atoms with Crippen LogP contribution < -0.4 is 5.32 Å². The molecule has 0 saturated carbocycles. The number of piperidine rings is 1. The highest BCUT2D eigenvalue weighted by Crippen LogP contribution is 2.19. The van der Waals surface area contributed by atoms with Crippen molar-refractivity contribution in [2.75, 3.05) is 19.8 Å². The standard InChI is InChI=1S/C18H28N2O3/c1-2-23-14-16-8-4-3-7-15(16)13-19-18(22)20-11-6-5-9-17(20)10-12-21/h3-4,7-8,17,21H,2,5-6,9-14H2,1H3,(H,19,22). The molecule has 0 aliphatic carbocycles. The Bertz CT molecular complexity index is 491. The van der Waals surface area contributed by atoms with Crippen LogP contribution in [0.2, 0.25) is 0 Å². The van der Waals surface area contributed by atoms with Crippen molar-refractivity contribution in [1.29, 1.82) is 0 Å². The number of amides is 2. The third kappa shape index (κ3) is 5.22. The molecule has 0 bridgehead atoms. The number of benzene rings is 1. The third-order valence-electron chi connectivity index (χ3n) is 4.36. The molecule has 1 unspecified atom stereocenters. The lowest BCUT2D eigenvalue weighted by Crippen LogP contribution is -2.48. The van der Waals surface area contributed by atoms with E-state index in [-0.39, 0.29) is 18.7 Å². The molecule has 5 heteroatoms. The van der Waals surface area contributed by atoms with Crippen molar-refractivity contribution in [3.8, 4) is 0 Å². The van der Waals surface area contributed by atoms with Crippen LogP contribution in [0.3, 0.4) is 0 Å². The van der Waals surface area contributed by atoms with E-state index < -0.39 is 0 Å². The normalized spacial score (nSPS) is 18.0.